The highest BCUT2D eigenvalue weighted by Gasteiger charge is 2.20. The number of rotatable bonds is 13. The van der Waals surface area contributed by atoms with E-state index in [2.05, 4.69) is 115 Å². The van der Waals surface area contributed by atoms with Crippen molar-refractivity contribution in [1.82, 2.24) is 23.9 Å². The quantitative estimate of drug-likeness (QED) is 0.103. The maximum atomic E-state index is 13.5. The average Bonchev–Trinajstić information content (AvgIpc) is 4.09. The number of pyridine rings is 1. The van der Waals surface area contributed by atoms with Crippen LogP contribution in [0, 0.1) is 27.7 Å². The van der Waals surface area contributed by atoms with E-state index in [-0.39, 0.29) is 17.9 Å². The van der Waals surface area contributed by atoms with Crippen LogP contribution in [0.2, 0.25) is 0 Å². The number of para-hydroxylation sites is 1. The van der Waals surface area contributed by atoms with E-state index >= 15 is 0 Å². The van der Waals surface area contributed by atoms with E-state index in [1.54, 1.807) is 24.5 Å². The van der Waals surface area contributed by atoms with Gasteiger partial charge >= 0.3 is 0 Å². The Morgan fingerprint density at radius 1 is 0.623 bits per heavy atom. The zero-order chi connectivity index (χ0) is 53.4. The summed E-state index contributed by atoms with van der Waals surface area (Å²) in [6, 6.07) is 45.5. The second-order valence-corrected chi connectivity index (χ2v) is 20.5. The second-order valence-electron chi connectivity index (χ2n) is 20.5. The minimum absolute atomic E-state index is 0.176. The number of aromatic nitrogens is 3. The molecule has 0 saturated carbocycles. The van der Waals surface area contributed by atoms with Crippen LogP contribution in [0.3, 0.4) is 0 Å². The first-order valence-corrected chi connectivity index (χ1v) is 26.4. The molecular weight excluding hydrogens is 959 g/mol. The van der Waals surface area contributed by atoms with Gasteiger partial charge in [0.05, 0.1) is 0 Å². The Morgan fingerprint density at radius 2 is 1.25 bits per heavy atom. The van der Waals surface area contributed by atoms with Crippen molar-refractivity contribution in [2.24, 2.45) is 5.73 Å². The van der Waals surface area contributed by atoms with Gasteiger partial charge in [0, 0.05) is 127 Å². The van der Waals surface area contributed by atoms with Crippen LogP contribution < -0.4 is 30.7 Å². The van der Waals surface area contributed by atoms with Crippen molar-refractivity contribution in [2.75, 3.05) is 61.8 Å². The summed E-state index contributed by atoms with van der Waals surface area (Å²) in [5.41, 5.74) is 17.4. The Balaban J connectivity index is 0.000000175. The van der Waals surface area contributed by atoms with Gasteiger partial charge in [-0.05, 0) is 184 Å². The van der Waals surface area contributed by atoms with E-state index in [1.165, 1.54) is 11.1 Å². The summed E-state index contributed by atoms with van der Waals surface area (Å²) >= 11 is 0. The predicted molar refractivity (Wildman–Crippen MR) is 310 cm³/mol. The van der Waals surface area contributed by atoms with Crippen LogP contribution in [-0.2, 0) is 6.54 Å². The monoisotopic (exact) mass is 1030 g/mol. The molecule has 6 aromatic carbocycles. The van der Waals surface area contributed by atoms with E-state index in [4.69, 9.17) is 15.2 Å². The minimum Gasteiger partial charge on any atom is -0.457 e. The van der Waals surface area contributed by atoms with Gasteiger partial charge in [0.15, 0.2) is 0 Å². The number of hydrogen-bond acceptors (Lipinski definition) is 9. The Morgan fingerprint density at radius 3 is 1.88 bits per heavy atom. The third-order valence-corrected chi connectivity index (χ3v) is 14.2. The van der Waals surface area contributed by atoms with Gasteiger partial charge in [-0.25, -0.2) is 0 Å². The molecule has 0 aliphatic carbocycles. The number of aryl methyl sites for hydroxylation is 4. The Kier molecular flexibility index (Phi) is 15.9. The number of piperazine rings is 1. The maximum absolute atomic E-state index is 13.5. The number of hydrogen-bond donors (Lipinski definition) is 3. The van der Waals surface area contributed by atoms with Gasteiger partial charge in [0.2, 0.25) is 0 Å². The lowest BCUT2D eigenvalue weighted by molar-refractivity contribution is 0.101. The van der Waals surface area contributed by atoms with Crippen molar-refractivity contribution in [3.63, 3.8) is 0 Å². The molecule has 2 saturated heterocycles. The lowest BCUT2D eigenvalue weighted by Crippen LogP contribution is -2.44. The topological polar surface area (TPSA) is 135 Å². The number of anilines is 3. The largest absolute Gasteiger partial charge is 0.457 e. The Bertz CT molecular complexity index is 3520. The fraction of sp³-hybridized carbons (Fsp3) is 0.234. The summed E-state index contributed by atoms with van der Waals surface area (Å²) in [5.74, 6) is 2.38. The van der Waals surface area contributed by atoms with Crippen LogP contribution in [-0.4, -0.2) is 88.1 Å². The Hall–Kier alpha value is -8.49. The number of nitrogens with two attached hydrogens (primary N) is 1. The predicted octanol–water partition coefficient (Wildman–Crippen LogP) is 12.5. The number of likely N-dealkylation sites (N-methyl/N-ethyl adjacent to an activating group) is 1. The van der Waals surface area contributed by atoms with Gasteiger partial charge in [-0.2, -0.15) is 0 Å². The molecule has 392 valence electrons. The zero-order valence-corrected chi connectivity index (χ0v) is 44.6. The van der Waals surface area contributed by atoms with Crippen molar-refractivity contribution in [3.8, 4) is 34.4 Å². The summed E-state index contributed by atoms with van der Waals surface area (Å²) < 4.78 is 16.5. The number of carbonyl (C=O) groups excluding carboxylic acids is 2. The molecule has 0 spiro atoms. The van der Waals surface area contributed by atoms with E-state index in [0.29, 0.717) is 28.4 Å². The van der Waals surface area contributed by atoms with Gasteiger partial charge in [0.25, 0.3) is 11.8 Å². The molecule has 2 aliphatic heterocycles. The molecule has 11 rings (SSSR count). The fourth-order valence-electron chi connectivity index (χ4n) is 9.89. The maximum Gasteiger partial charge on any atom is 0.255 e. The van der Waals surface area contributed by atoms with Crippen molar-refractivity contribution in [1.29, 1.82) is 0 Å². The van der Waals surface area contributed by atoms with Crippen LogP contribution in [0.25, 0.3) is 22.1 Å². The standard InChI is InChI=1S/C33H33N5O2.C31H34N4O2/c1-23-10-12-38(22-23)29-19-27(18-28(20-29)37-15-13-36(3)14-16-37)35-33(39)26-8-7-24(2)32(17-26)40-31-6-4-5-25-9-11-34-21-30(25)31;1-22-12-14-35(19-22)28-16-24(20-34-13-6-7-26(32)21-34)15-27(18-28)33-31(36)25-11-10-23(2)30(17-25)37-29-8-4-3-5-9-29/h4-12,17-22H,13-16H2,1-3H3,(H,35,39);3-5,8-12,14-19,26H,6-7,13,20-21,32H2,1-2H3,(H,33,36)/t;26-/m.0/s1. The van der Waals surface area contributed by atoms with Crippen molar-refractivity contribution in [2.45, 2.75) is 53.1 Å². The molecule has 0 radical (unpaired) electrons. The van der Waals surface area contributed by atoms with E-state index in [0.717, 1.165) is 120 Å². The van der Waals surface area contributed by atoms with Gasteiger partial charge in [-0.3, -0.25) is 19.5 Å². The number of carbonyl (C=O) groups is 2. The summed E-state index contributed by atoms with van der Waals surface area (Å²) in [5, 5.41) is 8.24. The highest BCUT2D eigenvalue weighted by Crippen LogP contribution is 2.33. The van der Waals surface area contributed by atoms with Crippen LogP contribution >= 0.6 is 0 Å². The van der Waals surface area contributed by atoms with Gasteiger partial charge in [-0.15, -0.1) is 0 Å². The van der Waals surface area contributed by atoms with Crippen molar-refractivity contribution >= 4 is 39.6 Å². The fourth-order valence-corrected chi connectivity index (χ4v) is 9.89. The number of amides is 2. The molecule has 2 aliphatic rings. The average molecular weight is 1030 g/mol. The van der Waals surface area contributed by atoms with E-state index < -0.39 is 0 Å². The molecule has 0 bridgehead atoms. The molecular formula is C64H67N9O4. The summed E-state index contributed by atoms with van der Waals surface area (Å²) in [7, 11) is 2.15. The lowest BCUT2D eigenvalue weighted by Gasteiger charge is -2.34. The minimum atomic E-state index is -0.186. The summed E-state index contributed by atoms with van der Waals surface area (Å²) in [6.07, 6.45) is 14.0. The van der Waals surface area contributed by atoms with E-state index in [1.807, 2.05) is 111 Å². The third-order valence-electron chi connectivity index (χ3n) is 14.2. The van der Waals surface area contributed by atoms with Crippen molar-refractivity contribution in [3.05, 3.63) is 216 Å². The van der Waals surface area contributed by atoms with Crippen LogP contribution in [0.1, 0.15) is 61.4 Å². The Labute approximate surface area is 451 Å². The van der Waals surface area contributed by atoms with Gasteiger partial charge in [0.1, 0.15) is 23.0 Å². The molecule has 1 atom stereocenters. The summed E-state index contributed by atoms with van der Waals surface area (Å²) in [4.78, 5) is 38.2. The highest BCUT2D eigenvalue weighted by molar-refractivity contribution is 6.05. The van der Waals surface area contributed by atoms with Crippen LogP contribution in [0.15, 0.2) is 177 Å². The zero-order valence-electron chi connectivity index (χ0n) is 44.6. The number of nitrogens with zero attached hydrogens (tertiary/aromatic N) is 6. The molecule has 3 aromatic heterocycles. The molecule has 77 heavy (non-hydrogen) atoms. The number of benzene rings is 6. The molecule has 0 unspecified atom stereocenters. The van der Waals surface area contributed by atoms with Crippen LogP contribution in [0.5, 0.6) is 23.0 Å². The molecule has 2 fully saturated rings. The molecule has 13 heteroatoms. The van der Waals surface area contributed by atoms with Crippen molar-refractivity contribution < 1.29 is 19.1 Å². The SMILES string of the molecule is Cc1ccn(-c2cc(CN3CCC[C@H](N)C3)cc(NC(=O)c3ccc(C)c(Oc4ccccc4)c3)c2)c1.Cc1ccn(-c2cc(NC(=O)c3ccc(C)c(Oc4cccc5ccncc45)c3)cc(N3CCN(C)CC3)c2)c1. The first kappa shape index (κ1) is 52.0. The first-order valence-electron chi connectivity index (χ1n) is 26.4. The number of fused-ring (bicyclic) bond motifs is 1. The highest BCUT2D eigenvalue weighted by atomic mass is 16.5. The summed E-state index contributed by atoms with van der Waals surface area (Å²) in [6.45, 7) is 14.7. The van der Waals surface area contributed by atoms with E-state index in [9.17, 15) is 9.59 Å². The number of piperidine rings is 1. The number of likely N-dealkylation sites (tertiary alicyclic amines) is 1. The molecule has 9 aromatic rings. The number of ether oxygens (including phenoxy) is 2. The smallest absolute Gasteiger partial charge is 0.255 e. The molecule has 2 amide bonds. The van der Waals surface area contributed by atoms with Crippen LogP contribution in [0.4, 0.5) is 17.1 Å². The third kappa shape index (κ3) is 13.1. The first-order chi connectivity index (χ1) is 37.3. The molecule has 5 heterocycles. The molecule has 13 nitrogen and oxygen atoms in total. The normalized spacial score (nSPS) is 14.9. The second kappa shape index (κ2) is 23.6. The lowest BCUT2D eigenvalue weighted by atomic mass is 10.0. The molecule has 4 N–H and O–H groups in total. The van der Waals surface area contributed by atoms with Gasteiger partial charge < -0.3 is 44.8 Å². The number of nitrogens with one attached hydrogen (secondary N) is 2. The van der Waals surface area contributed by atoms with Gasteiger partial charge in [-0.1, -0.05) is 42.5 Å².